The molecule has 4 atom stereocenters. The summed E-state index contributed by atoms with van der Waals surface area (Å²) in [5, 5.41) is 1.49. The molecule has 7 heterocycles. The third-order valence-electron chi connectivity index (χ3n) is 9.29. The molecule has 0 N–H and O–H groups in total. The van der Waals surface area contributed by atoms with Crippen LogP contribution in [-0.2, 0) is 0 Å². The van der Waals surface area contributed by atoms with Crippen LogP contribution < -0.4 is 5.30 Å². The highest BCUT2D eigenvalue weighted by molar-refractivity contribution is 7.67. The molecule has 40 heavy (non-hydrogen) atoms. The third kappa shape index (κ3) is 3.44. The van der Waals surface area contributed by atoms with Crippen LogP contribution in [0.5, 0.6) is 0 Å². The van der Waals surface area contributed by atoms with E-state index in [4.69, 9.17) is 15.0 Å². The Morgan fingerprint density at radius 1 is 0.525 bits per heavy atom. The Morgan fingerprint density at radius 2 is 0.975 bits per heavy atom. The third-order valence-corrected chi connectivity index (χ3v) is 12.3. The van der Waals surface area contributed by atoms with Crippen molar-refractivity contribution in [3.8, 4) is 0 Å². The van der Waals surface area contributed by atoms with Crippen molar-refractivity contribution in [3.05, 3.63) is 166 Å². The average molecular weight is 534 g/mol. The minimum Gasteiger partial charge on any atom is -0.256 e. The van der Waals surface area contributed by atoms with Gasteiger partial charge in [0.25, 0.3) is 0 Å². The minimum absolute atomic E-state index is 0.0257. The molecule has 2 aliphatic carbocycles. The zero-order valence-corrected chi connectivity index (χ0v) is 23.0. The molecule has 4 aromatic rings. The van der Waals surface area contributed by atoms with Gasteiger partial charge < -0.3 is 0 Å². The van der Waals surface area contributed by atoms with Crippen LogP contribution in [0.2, 0.25) is 0 Å². The second-order valence-electron chi connectivity index (χ2n) is 11.6. The van der Waals surface area contributed by atoms with Crippen molar-refractivity contribution in [2.75, 3.05) is 0 Å². The fraction of sp³-hybridized carbons (Fsp3) is 0.194. The van der Waals surface area contributed by atoms with Gasteiger partial charge in [-0.15, -0.1) is 0 Å². The number of rotatable bonds is 0. The summed E-state index contributed by atoms with van der Waals surface area (Å²) in [6.45, 7) is 0. The molecule has 3 nitrogen and oxygen atoms in total. The Kier molecular flexibility index (Phi) is 5.01. The van der Waals surface area contributed by atoms with Crippen molar-refractivity contribution in [1.29, 1.82) is 0 Å². The predicted molar refractivity (Wildman–Crippen MR) is 162 cm³/mol. The summed E-state index contributed by atoms with van der Waals surface area (Å²) in [5.41, 5.74) is 11.5. The second-order valence-corrected chi connectivity index (χ2v) is 14.2. The highest BCUT2D eigenvalue weighted by atomic mass is 31.1. The monoisotopic (exact) mass is 533 g/mol. The predicted octanol–water partition coefficient (Wildman–Crippen LogP) is 7.27. The van der Waals surface area contributed by atoms with Crippen LogP contribution in [0.25, 0.3) is 0 Å². The van der Waals surface area contributed by atoms with Gasteiger partial charge in [0.05, 0.1) is 51.9 Å². The largest absolute Gasteiger partial charge is 0.256 e. The maximum Gasteiger partial charge on any atom is 0.0686 e. The first-order valence-corrected chi connectivity index (χ1v) is 15.8. The molecule has 3 aromatic heterocycles. The molecular formula is C36H28N3P. The summed E-state index contributed by atoms with van der Waals surface area (Å²) in [6, 6.07) is 29.2. The molecule has 0 saturated carbocycles. The van der Waals surface area contributed by atoms with E-state index >= 15 is 0 Å². The molecule has 1 aromatic carbocycles. The van der Waals surface area contributed by atoms with Crippen LogP contribution >= 0.6 is 7.92 Å². The second kappa shape index (κ2) is 8.78. The number of pyridine rings is 3. The summed E-state index contributed by atoms with van der Waals surface area (Å²) in [5.74, 6) is 0.0203. The Balaban J connectivity index is 1.48. The number of benzene rings is 1. The molecule has 0 spiro atoms. The Labute approximate surface area is 235 Å². The highest BCUT2D eigenvalue weighted by Crippen LogP contribution is 2.56. The van der Waals surface area contributed by atoms with Crippen LogP contribution in [0.1, 0.15) is 70.3 Å². The fourth-order valence-corrected chi connectivity index (χ4v) is 10.8. The number of nitrogens with zero attached hydrogens (tertiary/aromatic N) is 3. The minimum atomic E-state index is -0.510. The van der Waals surface area contributed by atoms with Crippen molar-refractivity contribution in [2.24, 2.45) is 0 Å². The van der Waals surface area contributed by atoms with Gasteiger partial charge in [0.1, 0.15) is 0 Å². The highest BCUT2D eigenvalue weighted by Gasteiger charge is 2.38. The quantitative estimate of drug-likeness (QED) is 0.223. The van der Waals surface area contributed by atoms with Gasteiger partial charge in [-0.05, 0) is 60.1 Å². The molecule has 6 aliphatic rings. The zero-order chi connectivity index (χ0) is 26.2. The van der Waals surface area contributed by atoms with E-state index in [0.717, 1.165) is 47.0 Å². The van der Waals surface area contributed by atoms with E-state index in [0.29, 0.717) is 11.3 Å². The lowest BCUT2D eigenvalue weighted by molar-refractivity contribution is 0.718. The van der Waals surface area contributed by atoms with Crippen molar-refractivity contribution in [3.63, 3.8) is 0 Å². The van der Waals surface area contributed by atoms with Crippen LogP contribution in [-0.4, -0.2) is 26.3 Å². The number of hydrogen-bond acceptors (Lipinski definition) is 3. The van der Waals surface area contributed by atoms with E-state index in [1.54, 1.807) is 0 Å². The number of hydrogen-bond donors (Lipinski definition) is 0. The Morgan fingerprint density at radius 3 is 1.48 bits per heavy atom. The van der Waals surface area contributed by atoms with Gasteiger partial charge in [0.15, 0.2) is 0 Å². The molecule has 0 radical (unpaired) electrons. The van der Waals surface area contributed by atoms with E-state index in [1.165, 1.54) is 22.0 Å². The van der Waals surface area contributed by atoms with Crippen molar-refractivity contribution in [2.45, 2.75) is 41.9 Å². The summed E-state index contributed by atoms with van der Waals surface area (Å²) >= 11 is 0. The maximum absolute atomic E-state index is 5.46. The molecule has 0 amide bonds. The lowest BCUT2D eigenvalue weighted by Gasteiger charge is -2.39. The zero-order valence-electron chi connectivity index (χ0n) is 22.1. The summed E-state index contributed by atoms with van der Waals surface area (Å²) in [7, 11) is -0.510. The molecule has 0 saturated heterocycles. The van der Waals surface area contributed by atoms with E-state index in [9.17, 15) is 0 Å². The Bertz CT molecular complexity index is 1710. The number of aromatic nitrogens is 3. The molecule has 16 bridgehead atoms. The van der Waals surface area contributed by atoms with Crippen molar-refractivity contribution in [1.82, 2.24) is 15.0 Å². The van der Waals surface area contributed by atoms with Gasteiger partial charge in [-0.2, -0.15) is 0 Å². The molecule has 10 rings (SSSR count). The van der Waals surface area contributed by atoms with Gasteiger partial charge in [-0.3, -0.25) is 15.0 Å². The van der Waals surface area contributed by atoms with Crippen molar-refractivity contribution >= 4 is 13.2 Å². The van der Waals surface area contributed by atoms with Gasteiger partial charge in [0.2, 0.25) is 0 Å². The molecular weight excluding hydrogens is 505 g/mol. The first-order chi connectivity index (χ1) is 19.8. The van der Waals surface area contributed by atoms with E-state index in [1.807, 2.05) is 0 Å². The number of allylic oxidation sites excluding steroid dienone is 8. The van der Waals surface area contributed by atoms with E-state index in [-0.39, 0.29) is 17.8 Å². The topological polar surface area (TPSA) is 38.7 Å². The first kappa shape index (κ1) is 22.8. The van der Waals surface area contributed by atoms with Crippen LogP contribution in [0.4, 0.5) is 0 Å². The Hall–Kier alpha value is -3.94. The molecule has 4 aliphatic heterocycles. The smallest absolute Gasteiger partial charge is 0.0686 e. The molecule has 4 unspecified atom stereocenters. The van der Waals surface area contributed by atoms with Crippen molar-refractivity contribution < 1.29 is 0 Å². The van der Waals surface area contributed by atoms with Gasteiger partial charge in [-0.1, -0.05) is 98.0 Å². The molecule has 0 fully saturated rings. The lowest BCUT2D eigenvalue weighted by atomic mass is 9.82. The van der Waals surface area contributed by atoms with Gasteiger partial charge in [0, 0.05) is 11.3 Å². The summed E-state index contributed by atoms with van der Waals surface area (Å²) in [4.78, 5) is 16.3. The average Bonchev–Trinajstić information content (AvgIpc) is 2.98. The standard InChI is InChI=1S/C36H28N3P/c1-7-22-19-25(10-1)40-26-11-2-8-23(20-26)35-30-15-4-13-28(37-30)34(22)29-14-5-16-31(38-29)36(24-9-3-12-27(40)21-24)33-18-6-17-32(35)39-33/h1-19,26-27,34-36H,20-21H2. The van der Waals surface area contributed by atoms with Gasteiger partial charge >= 0.3 is 0 Å². The van der Waals surface area contributed by atoms with Gasteiger partial charge in [-0.25, -0.2) is 0 Å². The van der Waals surface area contributed by atoms with E-state index < -0.39 is 7.92 Å². The summed E-state index contributed by atoms with van der Waals surface area (Å²) in [6.07, 6.45) is 16.4. The van der Waals surface area contributed by atoms with E-state index in [2.05, 4.69) is 115 Å². The van der Waals surface area contributed by atoms with Crippen LogP contribution in [0.3, 0.4) is 0 Å². The maximum atomic E-state index is 5.46. The first-order valence-electron chi connectivity index (χ1n) is 14.3. The molecule has 192 valence electrons. The lowest BCUT2D eigenvalue weighted by Crippen LogP contribution is -2.28. The fourth-order valence-electron chi connectivity index (χ4n) is 7.60. The summed E-state index contributed by atoms with van der Waals surface area (Å²) < 4.78 is 0. The normalized spacial score (nSPS) is 28.4. The van der Waals surface area contributed by atoms with Crippen LogP contribution in [0, 0.1) is 0 Å². The SMILES string of the molecule is C1=CC2CC(=C1)C1c3cccc(n3)C3C4=CC=CC(C4)P2c2cccc(c2)C(c2cccc1n2)c1cccc3n1. The molecule has 4 heteroatoms. The van der Waals surface area contributed by atoms with Crippen LogP contribution in [0.15, 0.2) is 126 Å².